The third-order valence-corrected chi connectivity index (χ3v) is 4.75. The summed E-state index contributed by atoms with van der Waals surface area (Å²) in [5, 5.41) is 2.70. The second-order valence-corrected chi connectivity index (χ2v) is 6.52. The predicted octanol–water partition coefficient (Wildman–Crippen LogP) is 4.19. The molecule has 0 spiro atoms. The first-order chi connectivity index (χ1) is 13.0. The summed E-state index contributed by atoms with van der Waals surface area (Å²) in [6, 6.07) is 12.5. The first-order valence-electron chi connectivity index (χ1n) is 7.89. The number of nitrogens with one attached hydrogen (secondary N) is 1. The highest BCUT2D eigenvalue weighted by molar-refractivity contribution is 7.17. The fourth-order valence-corrected chi connectivity index (χ4v) is 3.24. The van der Waals surface area contributed by atoms with Crippen molar-refractivity contribution in [3.8, 4) is 10.6 Å². The van der Waals surface area contributed by atoms with Crippen LogP contribution in [-0.4, -0.2) is 23.5 Å². The molecule has 27 heavy (non-hydrogen) atoms. The van der Waals surface area contributed by atoms with Crippen molar-refractivity contribution in [3.63, 3.8) is 0 Å². The van der Waals surface area contributed by atoms with Gasteiger partial charge in [0.25, 0.3) is 5.91 Å². The van der Waals surface area contributed by atoms with Crippen LogP contribution in [0.1, 0.15) is 15.4 Å². The molecule has 3 aromatic rings. The lowest BCUT2D eigenvalue weighted by Gasteiger charge is -2.07. The van der Waals surface area contributed by atoms with Crippen molar-refractivity contribution in [2.75, 3.05) is 11.9 Å². The molecule has 0 aliphatic rings. The molecule has 1 N–H and O–H groups in total. The van der Waals surface area contributed by atoms with E-state index in [1.165, 1.54) is 6.07 Å². The van der Waals surface area contributed by atoms with Crippen molar-refractivity contribution in [2.45, 2.75) is 6.92 Å². The molecule has 0 unspecified atom stereocenters. The van der Waals surface area contributed by atoms with Crippen LogP contribution in [0, 0.1) is 18.6 Å². The number of rotatable bonds is 5. The Morgan fingerprint density at radius 1 is 1.07 bits per heavy atom. The highest BCUT2D eigenvalue weighted by Crippen LogP contribution is 2.28. The molecule has 0 saturated carbocycles. The van der Waals surface area contributed by atoms with E-state index >= 15 is 0 Å². The summed E-state index contributed by atoms with van der Waals surface area (Å²) >= 11 is 1.14. The molecule has 0 aliphatic heterocycles. The molecular formula is C19H14F2N2O3S. The fraction of sp³-hybridized carbons (Fsp3) is 0.105. The number of hydrogen-bond donors (Lipinski definition) is 1. The molecule has 0 radical (unpaired) electrons. The van der Waals surface area contributed by atoms with Crippen LogP contribution in [0.25, 0.3) is 10.6 Å². The van der Waals surface area contributed by atoms with Crippen LogP contribution in [0.4, 0.5) is 14.5 Å². The molecule has 0 fully saturated rings. The monoisotopic (exact) mass is 388 g/mol. The summed E-state index contributed by atoms with van der Waals surface area (Å²) in [5.41, 5.74) is 0.751. The molecule has 1 aromatic heterocycles. The number of hydrogen-bond acceptors (Lipinski definition) is 5. The second kappa shape index (κ2) is 8.05. The summed E-state index contributed by atoms with van der Waals surface area (Å²) in [4.78, 5) is 28.7. The van der Waals surface area contributed by atoms with Gasteiger partial charge in [-0.05, 0) is 19.1 Å². The Morgan fingerprint density at radius 2 is 1.74 bits per heavy atom. The van der Waals surface area contributed by atoms with Gasteiger partial charge in [-0.25, -0.2) is 18.6 Å². The van der Waals surface area contributed by atoms with Crippen LogP contribution < -0.4 is 5.32 Å². The number of carbonyl (C=O) groups is 2. The lowest BCUT2D eigenvalue weighted by Crippen LogP contribution is -2.22. The normalized spacial score (nSPS) is 10.5. The van der Waals surface area contributed by atoms with E-state index in [-0.39, 0.29) is 4.88 Å². The quantitative estimate of drug-likeness (QED) is 0.666. The van der Waals surface area contributed by atoms with Crippen molar-refractivity contribution < 1.29 is 23.1 Å². The molecule has 138 valence electrons. The number of carbonyl (C=O) groups excluding carboxylic acids is 2. The summed E-state index contributed by atoms with van der Waals surface area (Å²) in [6.45, 7) is 0.985. The molecule has 0 atom stereocenters. The van der Waals surface area contributed by atoms with E-state index in [2.05, 4.69) is 10.3 Å². The van der Waals surface area contributed by atoms with Gasteiger partial charge in [0, 0.05) is 5.56 Å². The zero-order chi connectivity index (χ0) is 19.4. The Balaban J connectivity index is 1.64. The largest absolute Gasteiger partial charge is 0.451 e. The van der Waals surface area contributed by atoms with Crippen molar-refractivity contribution in [1.82, 2.24) is 4.98 Å². The third kappa shape index (κ3) is 4.35. The second-order valence-electron chi connectivity index (χ2n) is 5.52. The molecular weight excluding hydrogens is 374 g/mol. The average Bonchev–Trinajstić information content (AvgIpc) is 3.05. The number of thiazole rings is 1. The van der Waals surface area contributed by atoms with Crippen LogP contribution in [0.15, 0.2) is 48.5 Å². The minimum Gasteiger partial charge on any atom is -0.451 e. The van der Waals surface area contributed by atoms with Crippen molar-refractivity contribution in [1.29, 1.82) is 0 Å². The van der Waals surface area contributed by atoms with Crippen LogP contribution in [0.5, 0.6) is 0 Å². The zero-order valence-electron chi connectivity index (χ0n) is 14.2. The molecule has 0 aliphatic carbocycles. The Hall–Kier alpha value is -3.13. The van der Waals surface area contributed by atoms with E-state index < -0.39 is 35.8 Å². The molecule has 0 saturated heterocycles. The maximum Gasteiger partial charge on any atom is 0.350 e. The maximum absolute atomic E-state index is 13.5. The molecule has 8 heteroatoms. The van der Waals surface area contributed by atoms with Gasteiger partial charge in [0.15, 0.2) is 6.61 Å². The van der Waals surface area contributed by atoms with Gasteiger partial charge in [-0.2, -0.15) is 0 Å². The molecule has 3 rings (SSSR count). The van der Waals surface area contributed by atoms with E-state index in [4.69, 9.17) is 4.74 Å². The van der Waals surface area contributed by atoms with Gasteiger partial charge in [0.2, 0.25) is 0 Å². The number of aryl methyl sites for hydroxylation is 1. The summed E-state index contributed by atoms with van der Waals surface area (Å²) in [6.07, 6.45) is 0. The van der Waals surface area contributed by atoms with Crippen LogP contribution in [-0.2, 0) is 9.53 Å². The van der Waals surface area contributed by atoms with Crippen molar-refractivity contribution >= 4 is 28.9 Å². The van der Waals surface area contributed by atoms with Crippen molar-refractivity contribution in [3.05, 3.63) is 70.7 Å². The van der Waals surface area contributed by atoms with Gasteiger partial charge in [0.1, 0.15) is 27.2 Å². The first kappa shape index (κ1) is 18.7. The first-order valence-corrected chi connectivity index (χ1v) is 8.71. The standard InChI is InChI=1S/C19H14F2N2O3S/c1-11-17(27-18(22-11)12-6-3-2-4-7-12)19(25)26-10-15(24)23-16-13(20)8-5-9-14(16)21/h2-9H,10H2,1H3,(H,23,24). The van der Waals surface area contributed by atoms with Gasteiger partial charge in [0.05, 0.1) is 5.69 Å². The molecule has 1 amide bonds. The Kier molecular flexibility index (Phi) is 5.56. The summed E-state index contributed by atoms with van der Waals surface area (Å²) in [5.74, 6) is -3.41. The third-order valence-electron chi connectivity index (χ3n) is 3.56. The van der Waals surface area contributed by atoms with E-state index in [1.807, 2.05) is 30.3 Å². The van der Waals surface area contributed by atoms with Gasteiger partial charge in [-0.15, -0.1) is 11.3 Å². The number of aromatic nitrogens is 1. The topological polar surface area (TPSA) is 68.3 Å². The van der Waals surface area contributed by atoms with Crippen LogP contribution >= 0.6 is 11.3 Å². The summed E-state index contributed by atoms with van der Waals surface area (Å²) < 4.78 is 32.0. The van der Waals surface area contributed by atoms with E-state index in [1.54, 1.807) is 6.92 Å². The van der Waals surface area contributed by atoms with Gasteiger partial charge < -0.3 is 10.1 Å². The molecule has 2 aromatic carbocycles. The molecule has 1 heterocycles. The smallest absolute Gasteiger partial charge is 0.350 e. The number of halogens is 2. The zero-order valence-corrected chi connectivity index (χ0v) is 15.0. The lowest BCUT2D eigenvalue weighted by atomic mass is 10.2. The Labute approximate surface area is 157 Å². The number of amides is 1. The predicted molar refractivity (Wildman–Crippen MR) is 97.6 cm³/mol. The average molecular weight is 388 g/mol. The SMILES string of the molecule is Cc1nc(-c2ccccc2)sc1C(=O)OCC(=O)Nc1c(F)cccc1F. The van der Waals surface area contributed by atoms with Gasteiger partial charge in [-0.1, -0.05) is 36.4 Å². The van der Waals surface area contributed by atoms with E-state index in [0.29, 0.717) is 10.7 Å². The Morgan fingerprint density at radius 3 is 2.41 bits per heavy atom. The summed E-state index contributed by atoms with van der Waals surface area (Å²) in [7, 11) is 0. The minimum absolute atomic E-state index is 0.263. The number of ether oxygens (including phenoxy) is 1. The van der Waals surface area contributed by atoms with Crippen LogP contribution in [0.3, 0.4) is 0 Å². The number of nitrogens with zero attached hydrogens (tertiary/aromatic N) is 1. The Bertz CT molecular complexity index is 970. The van der Waals surface area contributed by atoms with Crippen LogP contribution in [0.2, 0.25) is 0 Å². The van der Waals surface area contributed by atoms with E-state index in [9.17, 15) is 18.4 Å². The number of para-hydroxylation sites is 1. The van der Waals surface area contributed by atoms with Gasteiger partial charge in [-0.3, -0.25) is 4.79 Å². The lowest BCUT2D eigenvalue weighted by molar-refractivity contribution is -0.119. The number of benzene rings is 2. The molecule has 0 bridgehead atoms. The molecule has 5 nitrogen and oxygen atoms in total. The minimum atomic E-state index is -0.916. The van der Waals surface area contributed by atoms with Crippen molar-refractivity contribution in [2.24, 2.45) is 0 Å². The number of anilines is 1. The fourth-order valence-electron chi connectivity index (χ4n) is 2.28. The highest BCUT2D eigenvalue weighted by atomic mass is 32.1. The van der Waals surface area contributed by atoms with Gasteiger partial charge >= 0.3 is 5.97 Å². The van der Waals surface area contributed by atoms with E-state index in [0.717, 1.165) is 29.0 Å². The maximum atomic E-state index is 13.5. The number of esters is 1. The highest BCUT2D eigenvalue weighted by Gasteiger charge is 2.19.